The van der Waals surface area contributed by atoms with Gasteiger partial charge in [0.2, 0.25) is 5.91 Å². The molecule has 6 aromatic rings. The Labute approximate surface area is 332 Å². The van der Waals surface area contributed by atoms with Gasteiger partial charge in [-0.05, 0) is 64.9 Å². The van der Waals surface area contributed by atoms with Crippen LogP contribution in [0.4, 0.5) is 30.7 Å². The second-order valence-corrected chi connectivity index (χ2v) is 16.3. The summed E-state index contributed by atoms with van der Waals surface area (Å²) in [4.78, 5) is 48.8. The number of amides is 3. The number of pyridine rings is 1. The monoisotopic (exact) mass is 831 g/mol. The summed E-state index contributed by atoms with van der Waals surface area (Å²) in [7, 11) is 0. The minimum absolute atomic E-state index is 0.0595. The fraction of sp³-hybridized carbons (Fsp3) is 0.268. The predicted octanol–water partition coefficient (Wildman–Crippen LogP) is 7.56. The average molecular weight is 832 g/mol. The molecule has 3 aromatic carbocycles. The van der Waals surface area contributed by atoms with Crippen molar-refractivity contribution < 1.29 is 45.1 Å². The smallest absolute Gasteiger partial charge is 0.348 e. The van der Waals surface area contributed by atoms with E-state index in [2.05, 4.69) is 21.0 Å². The molecule has 0 radical (unpaired) electrons. The number of fused-ring (bicyclic) bond motifs is 6. The van der Waals surface area contributed by atoms with Gasteiger partial charge in [0.05, 0.1) is 16.4 Å². The van der Waals surface area contributed by atoms with E-state index in [9.17, 15) is 36.3 Å². The summed E-state index contributed by atoms with van der Waals surface area (Å²) in [6.07, 6.45) is -5.39. The Kier molecular flexibility index (Phi) is 8.13. The van der Waals surface area contributed by atoms with Gasteiger partial charge < -0.3 is 16.0 Å². The highest BCUT2D eigenvalue weighted by molar-refractivity contribution is 7.21. The number of nitrogens with zero attached hydrogens (tertiary/aromatic N) is 4. The third-order valence-corrected chi connectivity index (χ3v) is 12.6. The summed E-state index contributed by atoms with van der Waals surface area (Å²) in [6, 6.07) is 13.6. The van der Waals surface area contributed by atoms with Crippen molar-refractivity contribution in [2.75, 3.05) is 0 Å². The molecule has 1 saturated carbocycles. The number of hydrogen-bond acceptors (Lipinski definition) is 7. The van der Waals surface area contributed by atoms with Gasteiger partial charge in [0, 0.05) is 58.8 Å². The third-order valence-electron chi connectivity index (χ3n) is 11.6. The maximum absolute atomic E-state index is 15.7. The van der Waals surface area contributed by atoms with Crippen molar-refractivity contribution in [3.05, 3.63) is 123 Å². The molecule has 0 bridgehead atoms. The van der Waals surface area contributed by atoms with E-state index in [1.807, 2.05) is 12.1 Å². The van der Waals surface area contributed by atoms with Crippen LogP contribution in [-0.2, 0) is 42.9 Å². The molecule has 4 aliphatic rings. The Balaban J connectivity index is 1.10. The Morgan fingerprint density at radius 1 is 0.915 bits per heavy atom. The first kappa shape index (κ1) is 37.1. The molecule has 3 aromatic heterocycles. The largest absolute Gasteiger partial charge is 0.435 e. The Hall–Kier alpha value is -6.17. The number of carbonyl (C=O) groups excluding carboxylic acids is 3. The summed E-state index contributed by atoms with van der Waals surface area (Å²) in [5, 5.41) is 12.2. The number of thiazole rings is 1. The molecule has 10 rings (SSSR count). The number of nitrogens with one attached hydrogen (secondary N) is 3. The maximum Gasteiger partial charge on any atom is 0.435 e. The SMILES string of the molecule is CC1C2c3c(C(F)(F)F)nn(CC(=O)N[C@@H](Cc4cc(F)cc(F)c4)c4nc5nc(-c6ccc7c(c6)C(=O)NC7)sc5cc4-c4ccc5c(c4)C(=O)NC5)c3C(F)(F)C12. The molecule has 5 heterocycles. The number of alkyl halides is 5. The summed E-state index contributed by atoms with van der Waals surface area (Å²) in [5.41, 5.74) is 1.16. The van der Waals surface area contributed by atoms with Crippen molar-refractivity contribution >= 4 is 39.4 Å². The molecule has 3 unspecified atom stereocenters. The Bertz CT molecular complexity index is 2820. The minimum Gasteiger partial charge on any atom is -0.348 e. The molecule has 300 valence electrons. The highest BCUT2D eigenvalue weighted by Gasteiger charge is 2.72. The van der Waals surface area contributed by atoms with E-state index < -0.39 is 76.9 Å². The lowest BCUT2D eigenvalue weighted by molar-refractivity contribution is -0.142. The second-order valence-electron chi connectivity index (χ2n) is 15.3. The first-order valence-electron chi connectivity index (χ1n) is 18.5. The van der Waals surface area contributed by atoms with Crippen molar-refractivity contribution in [1.82, 2.24) is 35.7 Å². The molecule has 4 atom stereocenters. The molecule has 1 fully saturated rings. The van der Waals surface area contributed by atoms with Gasteiger partial charge in [-0.2, -0.15) is 27.1 Å². The van der Waals surface area contributed by atoms with Crippen molar-refractivity contribution in [1.29, 1.82) is 0 Å². The van der Waals surface area contributed by atoms with Gasteiger partial charge >= 0.3 is 6.18 Å². The zero-order valence-electron chi connectivity index (χ0n) is 30.5. The van der Waals surface area contributed by atoms with Crippen LogP contribution in [0, 0.1) is 23.5 Å². The summed E-state index contributed by atoms with van der Waals surface area (Å²) in [6.45, 7) is 1.09. The Morgan fingerprint density at radius 2 is 1.56 bits per heavy atom. The number of rotatable bonds is 8. The molecule has 3 amide bonds. The van der Waals surface area contributed by atoms with Gasteiger partial charge in [-0.25, -0.2) is 18.7 Å². The summed E-state index contributed by atoms with van der Waals surface area (Å²) < 4.78 is 104. The van der Waals surface area contributed by atoms with Gasteiger partial charge in [-0.15, -0.1) is 11.3 Å². The quantitative estimate of drug-likeness (QED) is 0.136. The average Bonchev–Trinajstić information content (AvgIpc) is 3.70. The van der Waals surface area contributed by atoms with E-state index in [4.69, 9.17) is 9.97 Å². The fourth-order valence-electron chi connectivity index (χ4n) is 8.87. The normalized spacial score (nSPS) is 20.2. The molecule has 0 saturated heterocycles. The molecule has 10 nitrogen and oxygen atoms in total. The van der Waals surface area contributed by atoms with Crippen LogP contribution in [0.15, 0.2) is 60.7 Å². The molecule has 3 N–H and O–H groups in total. The third kappa shape index (κ3) is 6.05. The van der Waals surface area contributed by atoms with Crippen LogP contribution in [0.2, 0.25) is 0 Å². The van der Waals surface area contributed by atoms with E-state index in [1.165, 1.54) is 18.3 Å². The van der Waals surface area contributed by atoms with Gasteiger partial charge in [-0.3, -0.25) is 19.1 Å². The number of hydrogen-bond donors (Lipinski definition) is 3. The lowest BCUT2D eigenvalue weighted by atomic mass is 9.93. The number of benzene rings is 3. The summed E-state index contributed by atoms with van der Waals surface area (Å²) in [5.74, 6) is -10.2. The highest BCUT2D eigenvalue weighted by atomic mass is 32.1. The Morgan fingerprint density at radius 3 is 2.22 bits per heavy atom. The van der Waals surface area contributed by atoms with E-state index in [1.54, 1.807) is 30.3 Å². The minimum atomic E-state index is -5.07. The molecule has 0 spiro atoms. The van der Waals surface area contributed by atoms with Crippen LogP contribution in [0.5, 0.6) is 0 Å². The topological polar surface area (TPSA) is 131 Å². The van der Waals surface area contributed by atoms with Crippen molar-refractivity contribution in [3.8, 4) is 21.7 Å². The van der Waals surface area contributed by atoms with Crippen LogP contribution in [0.3, 0.4) is 0 Å². The number of carbonyl (C=O) groups is 3. The second kappa shape index (κ2) is 12.9. The number of halogens is 7. The standard InChI is InChI=1S/C41H28F7N7O3S/c1-16-30-31-34(41(46,47)48)54-55(35(31)40(44,45)32(16)30)15-29(56)51-27(8-17-6-22(42)11-23(43)7-17)33-24(18-2-4-20-13-49-37(57)25(20)9-18)12-28-36(52-33)53-39(59-28)19-3-5-21-14-50-38(58)26(21)10-19/h2-7,9-12,16,27,30,32H,8,13-15H2,1H3,(H,49,57)(H,50,58)(H,51,56)/t16?,27-,30?,32?/m0/s1. The van der Waals surface area contributed by atoms with Gasteiger partial charge in [0.25, 0.3) is 17.7 Å². The molecular formula is C41H28F7N7O3S. The van der Waals surface area contributed by atoms with E-state index >= 15 is 8.78 Å². The van der Waals surface area contributed by atoms with Crippen LogP contribution in [-0.4, -0.2) is 37.5 Å². The molecule has 18 heteroatoms. The van der Waals surface area contributed by atoms with Crippen LogP contribution >= 0.6 is 11.3 Å². The number of aromatic nitrogens is 4. The van der Waals surface area contributed by atoms with E-state index in [-0.39, 0.29) is 35.1 Å². The summed E-state index contributed by atoms with van der Waals surface area (Å²) >= 11 is 1.25. The zero-order valence-corrected chi connectivity index (χ0v) is 31.3. The van der Waals surface area contributed by atoms with Crippen molar-refractivity contribution in [3.63, 3.8) is 0 Å². The van der Waals surface area contributed by atoms with Crippen LogP contribution in [0.25, 0.3) is 32.0 Å². The van der Waals surface area contributed by atoms with Gasteiger partial charge in [0.15, 0.2) is 11.3 Å². The first-order valence-corrected chi connectivity index (χ1v) is 19.3. The molecule has 2 aliphatic carbocycles. The molecule has 2 aliphatic heterocycles. The van der Waals surface area contributed by atoms with Crippen molar-refractivity contribution in [2.24, 2.45) is 11.8 Å². The molecule has 59 heavy (non-hydrogen) atoms. The zero-order chi connectivity index (χ0) is 41.3. The lowest BCUT2D eigenvalue weighted by Crippen LogP contribution is -2.35. The molecular weight excluding hydrogens is 804 g/mol. The van der Waals surface area contributed by atoms with E-state index in [0.717, 1.165) is 23.3 Å². The maximum atomic E-state index is 15.7. The highest BCUT2D eigenvalue weighted by Crippen LogP contribution is 2.71. The van der Waals surface area contributed by atoms with Gasteiger partial charge in [0.1, 0.15) is 28.9 Å². The fourth-order valence-corrected chi connectivity index (χ4v) is 9.81. The van der Waals surface area contributed by atoms with Crippen LogP contribution < -0.4 is 16.0 Å². The lowest BCUT2D eigenvalue weighted by Gasteiger charge is -2.23. The first-order chi connectivity index (χ1) is 28.0. The predicted molar refractivity (Wildman–Crippen MR) is 198 cm³/mol. The van der Waals surface area contributed by atoms with Crippen LogP contribution in [0.1, 0.15) is 78.9 Å². The van der Waals surface area contributed by atoms with Crippen molar-refractivity contribution in [2.45, 2.75) is 57.0 Å². The van der Waals surface area contributed by atoms with E-state index in [0.29, 0.717) is 61.4 Å². The van der Waals surface area contributed by atoms with Gasteiger partial charge in [-0.1, -0.05) is 31.2 Å².